The summed E-state index contributed by atoms with van der Waals surface area (Å²) >= 11 is 5.99. The summed E-state index contributed by atoms with van der Waals surface area (Å²) in [6.07, 6.45) is 1.80. The molecule has 2 aromatic rings. The van der Waals surface area contributed by atoms with E-state index in [1.54, 1.807) is 25.2 Å². The summed E-state index contributed by atoms with van der Waals surface area (Å²) in [5, 5.41) is 9.53. The lowest BCUT2D eigenvalue weighted by Gasteiger charge is -2.09. The van der Waals surface area contributed by atoms with Crippen molar-refractivity contribution >= 4 is 21.6 Å². The molecule has 21 heavy (non-hydrogen) atoms. The number of aromatic nitrogens is 3. The summed E-state index contributed by atoms with van der Waals surface area (Å²) in [7, 11) is -1.87. The van der Waals surface area contributed by atoms with Gasteiger partial charge in [-0.25, -0.2) is 18.1 Å². The molecule has 9 heteroatoms. The fourth-order valence-electron chi connectivity index (χ4n) is 1.80. The second kappa shape index (κ2) is 6.99. The first kappa shape index (κ1) is 15.9. The first-order chi connectivity index (χ1) is 10.0. The summed E-state index contributed by atoms with van der Waals surface area (Å²) in [6, 6.07) is 4.93. The molecule has 1 aromatic heterocycles. The molecule has 0 atom stereocenters. The maximum absolute atomic E-state index is 12.3. The number of nitrogens with one attached hydrogen (secondary N) is 3. The van der Waals surface area contributed by atoms with E-state index < -0.39 is 10.0 Å². The van der Waals surface area contributed by atoms with Crippen LogP contribution in [0.1, 0.15) is 11.4 Å². The largest absolute Gasteiger partial charge is 0.316 e. The minimum absolute atomic E-state index is 0.0782. The molecule has 114 valence electrons. The minimum atomic E-state index is -3.66. The van der Waals surface area contributed by atoms with Gasteiger partial charge in [0.15, 0.2) is 0 Å². The molecule has 3 N–H and O–H groups in total. The van der Waals surface area contributed by atoms with Crippen LogP contribution in [-0.4, -0.2) is 37.2 Å². The third kappa shape index (κ3) is 4.24. The maximum Gasteiger partial charge on any atom is 0.242 e. The van der Waals surface area contributed by atoms with Gasteiger partial charge >= 0.3 is 0 Å². The van der Waals surface area contributed by atoms with Gasteiger partial charge in [-0.1, -0.05) is 17.7 Å². The van der Waals surface area contributed by atoms with Crippen molar-refractivity contribution in [2.75, 3.05) is 13.6 Å². The van der Waals surface area contributed by atoms with Crippen LogP contribution < -0.4 is 10.0 Å². The Morgan fingerprint density at radius 2 is 2.19 bits per heavy atom. The van der Waals surface area contributed by atoms with Crippen LogP contribution in [0.15, 0.2) is 29.4 Å². The lowest BCUT2D eigenvalue weighted by molar-refractivity contribution is 0.580. The number of sulfonamides is 1. The molecule has 0 fully saturated rings. The summed E-state index contributed by atoms with van der Waals surface area (Å²) in [5.41, 5.74) is 0.845. The fourth-order valence-corrected chi connectivity index (χ4v) is 3.38. The Kier molecular flexibility index (Phi) is 5.29. The van der Waals surface area contributed by atoms with Crippen LogP contribution in [0, 0.1) is 0 Å². The van der Waals surface area contributed by atoms with Gasteiger partial charge in [0, 0.05) is 19.5 Å². The van der Waals surface area contributed by atoms with Gasteiger partial charge in [0.25, 0.3) is 0 Å². The van der Waals surface area contributed by atoms with Crippen molar-refractivity contribution in [1.29, 1.82) is 0 Å². The smallest absolute Gasteiger partial charge is 0.242 e. The Morgan fingerprint density at radius 3 is 2.86 bits per heavy atom. The number of rotatable bonds is 7. The van der Waals surface area contributed by atoms with E-state index in [-0.39, 0.29) is 16.5 Å². The van der Waals surface area contributed by atoms with E-state index in [1.807, 2.05) is 0 Å². The molecule has 0 saturated carbocycles. The molecular formula is C12H16ClN5O2S. The Hall–Kier alpha value is -1.48. The number of benzene rings is 1. The van der Waals surface area contributed by atoms with Crippen LogP contribution in [0.25, 0.3) is 0 Å². The molecule has 2 rings (SSSR count). The zero-order valence-electron chi connectivity index (χ0n) is 11.4. The summed E-state index contributed by atoms with van der Waals surface area (Å²) < 4.78 is 27.1. The number of nitrogens with zero attached hydrogens (tertiary/aromatic N) is 2. The normalized spacial score (nSPS) is 11.7. The van der Waals surface area contributed by atoms with E-state index >= 15 is 0 Å². The van der Waals surface area contributed by atoms with Gasteiger partial charge in [0.05, 0.1) is 5.02 Å². The second-order valence-corrected chi connectivity index (χ2v) is 6.52. The van der Waals surface area contributed by atoms with Crippen molar-refractivity contribution in [1.82, 2.24) is 25.2 Å². The highest BCUT2D eigenvalue weighted by molar-refractivity contribution is 7.89. The Balaban J connectivity index is 2.09. The Bertz CT molecular complexity index is 688. The number of halogens is 1. The van der Waals surface area contributed by atoms with Gasteiger partial charge in [0.1, 0.15) is 17.0 Å². The summed E-state index contributed by atoms with van der Waals surface area (Å²) in [4.78, 5) is 4.01. The van der Waals surface area contributed by atoms with Gasteiger partial charge < -0.3 is 5.32 Å². The van der Waals surface area contributed by atoms with Crippen LogP contribution in [0.4, 0.5) is 0 Å². The van der Waals surface area contributed by atoms with E-state index in [2.05, 4.69) is 25.2 Å². The topological polar surface area (TPSA) is 99.8 Å². The average molecular weight is 330 g/mol. The van der Waals surface area contributed by atoms with Crippen LogP contribution >= 0.6 is 11.6 Å². The standard InChI is InChI=1S/C12H16ClN5O2S/c1-14-7-9-2-3-10(13)11(6-9)21(19,20)17-5-4-12-15-8-16-18-12/h2-3,6,8,14,17H,4-5,7H2,1H3,(H,15,16,18). The first-order valence-electron chi connectivity index (χ1n) is 6.30. The van der Waals surface area contributed by atoms with Crippen LogP contribution in [0.3, 0.4) is 0 Å². The molecule has 7 nitrogen and oxygen atoms in total. The van der Waals surface area contributed by atoms with Crippen molar-refractivity contribution < 1.29 is 8.42 Å². The number of H-pyrrole nitrogens is 1. The molecule has 0 radical (unpaired) electrons. The van der Waals surface area contributed by atoms with Crippen molar-refractivity contribution in [3.63, 3.8) is 0 Å². The summed E-state index contributed by atoms with van der Waals surface area (Å²) in [6.45, 7) is 0.780. The number of hydrogen-bond donors (Lipinski definition) is 3. The zero-order chi connectivity index (χ0) is 15.3. The van der Waals surface area contributed by atoms with Crippen molar-refractivity contribution in [3.8, 4) is 0 Å². The molecule has 0 amide bonds. The van der Waals surface area contributed by atoms with Gasteiger partial charge in [0.2, 0.25) is 10.0 Å². The Morgan fingerprint density at radius 1 is 1.38 bits per heavy atom. The summed E-state index contributed by atoms with van der Waals surface area (Å²) in [5.74, 6) is 0.618. The predicted octanol–water partition coefficient (Wildman–Crippen LogP) is 0.698. The van der Waals surface area contributed by atoms with E-state index in [0.717, 1.165) is 5.56 Å². The van der Waals surface area contributed by atoms with Crippen LogP contribution in [-0.2, 0) is 23.0 Å². The molecular weight excluding hydrogens is 314 g/mol. The van der Waals surface area contributed by atoms with Crippen LogP contribution in [0.5, 0.6) is 0 Å². The number of hydrogen-bond acceptors (Lipinski definition) is 5. The van der Waals surface area contributed by atoms with E-state index in [0.29, 0.717) is 18.8 Å². The van der Waals surface area contributed by atoms with Crippen molar-refractivity contribution in [2.24, 2.45) is 0 Å². The van der Waals surface area contributed by atoms with Crippen LogP contribution in [0.2, 0.25) is 5.02 Å². The molecule has 0 aliphatic carbocycles. The highest BCUT2D eigenvalue weighted by atomic mass is 35.5. The molecule has 0 spiro atoms. The van der Waals surface area contributed by atoms with Gasteiger partial charge in [-0.15, -0.1) is 0 Å². The van der Waals surface area contributed by atoms with Gasteiger partial charge in [-0.2, -0.15) is 5.10 Å². The minimum Gasteiger partial charge on any atom is -0.316 e. The molecule has 0 saturated heterocycles. The van der Waals surface area contributed by atoms with Crippen molar-refractivity contribution in [2.45, 2.75) is 17.9 Å². The third-order valence-electron chi connectivity index (χ3n) is 2.78. The molecule has 0 unspecified atom stereocenters. The van der Waals surface area contributed by atoms with Crippen molar-refractivity contribution in [3.05, 3.63) is 40.9 Å². The molecule has 0 aliphatic rings. The monoisotopic (exact) mass is 329 g/mol. The number of aromatic amines is 1. The van der Waals surface area contributed by atoms with Gasteiger partial charge in [-0.05, 0) is 24.7 Å². The molecule has 1 heterocycles. The van der Waals surface area contributed by atoms with E-state index in [9.17, 15) is 8.42 Å². The van der Waals surface area contributed by atoms with Gasteiger partial charge in [-0.3, -0.25) is 5.10 Å². The Labute approximate surface area is 128 Å². The van der Waals surface area contributed by atoms with E-state index in [4.69, 9.17) is 11.6 Å². The van der Waals surface area contributed by atoms with E-state index in [1.165, 1.54) is 6.33 Å². The lowest BCUT2D eigenvalue weighted by Crippen LogP contribution is -2.26. The first-order valence-corrected chi connectivity index (χ1v) is 8.16. The fraction of sp³-hybridized carbons (Fsp3) is 0.333. The molecule has 0 aliphatic heterocycles. The predicted molar refractivity (Wildman–Crippen MR) is 79.5 cm³/mol. The zero-order valence-corrected chi connectivity index (χ0v) is 13.0. The highest BCUT2D eigenvalue weighted by Crippen LogP contribution is 2.22. The molecule has 1 aromatic carbocycles. The maximum atomic E-state index is 12.3. The SMILES string of the molecule is CNCc1ccc(Cl)c(S(=O)(=O)NCCc2ncn[nH]2)c1. The lowest BCUT2D eigenvalue weighted by atomic mass is 10.2. The average Bonchev–Trinajstić information content (AvgIpc) is 2.94. The highest BCUT2D eigenvalue weighted by Gasteiger charge is 2.18. The second-order valence-electron chi connectivity index (χ2n) is 4.38. The molecule has 0 bridgehead atoms. The third-order valence-corrected chi connectivity index (χ3v) is 4.73. The quantitative estimate of drug-likeness (QED) is 0.694.